The van der Waals surface area contributed by atoms with Crippen LogP contribution in [0.2, 0.25) is 0 Å². The Morgan fingerprint density at radius 1 is 1.19 bits per heavy atom. The third-order valence-corrected chi connectivity index (χ3v) is 4.63. The summed E-state index contributed by atoms with van der Waals surface area (Å²) in [6.45, 7) is 0.787. The molecule has 26 heavy (non-hydrogen) atoms. The standard InChI is InChI=1S/C18H16N4O3S/c23-16(8-12-11-26-18(22-12)17-19-6-3-7-20-17)21-9-13-10-24-14-4-1-2-5-15(14)25-13/h1-7,11,13H,8-10H2,(H,21,23)/t13-/m0/s1. The number of ether oxygens (including phenoxy) is 2. The van der Waals surface area contributed by atoms with Gasteiger partial charge in [0.05, 0.1) is 18.7 Å². The van der Waals surface area contributed by atoms with Crippen molar-refractivity contribution >= 4 is 17.2 Å². The molecule has 0 fully saturated rings. The Hall–Kier alpha value is -3.00. The van der Waals surface area contributed by atoms with Crippen LogP contribution in [0, 0.1) is 0 Å². The van der Waals surface area contributed by atoms with Crippen LogP contribution in [0.3, 0.4) is 0 Å². The number of nitrogens with one attached hydrogen (secondary N) is 1. The number of rotatable bonds is 5. The summed E-state index contributed by atoms with van der Waals surface area (Å²) < 4.78 is 11.5. The fraction of sp³-hybridized carbons (Fsp3) is 0.222. The Labute approximate surface area is 154 Å². The number of hydrogen-bond acceptors (Lipinski definition) is 7. The minimum absolute atomic E-state index is 0.113. The Morgan fingerprint density at radius 3 is 2.85 bits per heavy atom. The van der Waals surface area contributed by atoms with E-state index in [1.54, 1.807) is 18.5 Å². The third kappa shape index (κ3) is 3.80. The molecule has 1 aliphatic rings. The third-order valence-electron chi connectivity index (χ3n) is 3.74. The van der Waals surface area contributed by atoms with Gasteiger partial charge in [0, 0.05) is 17.8 Å². The second-order valence-electron chi connectivity index (χ2n) is 5.69. The summed E-state index contributed by atoms with van der Waals surface area (Å²) in [5.74, 6) is 1.88. The van der Waals surface area contributed by atoms with Crippen LogP contribution in [0.15, 0.2) is 48.1 Å². The largest absolute Gasteiger partial charge is 0.486 e. The second kappa shape index (κ2) is 7.49. The molecular weight excluding hydrogens is 352 g/mol. The molecule has 0 radical (unpaired) electrons. The first-order valence-electron chi connectivity index (χ1n) is 8.15. The molecule has 4 rings (SSSR count). The van der Waals surface area contributed by atoms with E-state index < -0.39 is 0 Å². The van der Waals surface area contributed by atoms with E-state index in [1.165, 1.54) is 11.3 Å². The van der Waals surface area contributed by atoms with Gasteiger partial charge in [0.2, 0.25) is 5.91 Å². The molecule has 0 spiro atoms. The summed E-state index contributed by atoms with van der Waals surface area (Å²) in [5, 5.41) is 5.42. The van der Waals surface area contributed by atoms with Crippen LogP contribution in [0.25, 0.3) is 10.8 Å². The van der Waals surface area contributed by atoms with Gasteiger partial charge in [0.15, 0.2) is 22.3 Å². The molecule has 0 bridgehead atoms. The number of carbonyl (C=O) groups excluding carboxylic acids is 1. The van der Waals surface area contributed by atoms with Crippen molar-refractivity contribution in [1.29, 1.82) is 0 Å². The molecule has 8 heteroatoms. The number of carbonyl (C=O) groups is 1. The van der Waals surface area contributed by atoms with Crippen LogP contribution in [0.4, 0.5) is 0 Å². The van der Waals surface area contributed by atoms with Gasteiger partial charge in [-0.2, -0.15) is 0 Å². The van der Waals surface area contributed by atoms with Crippen molar-refractivity contribution in [3.63, 3.8) is 0 Å². The lowest BCUT2D eigenvalue weighted by Crippen LogP contribution is -2.41. The molecule has 132 valence electrons. The van der Waals surface area contributed by atoms with Crippen molar-refractivity contribution < 1.29 is 14.3 Å². The average molecular weight is 368 g/mol. The fourth-order valence-electron chi connectivity index (χ4n) is 2.52. The van der Waals surface area contributed by atoms with E-state index in [0.29, 0.717) is 35.4 Å². The fourth-order valence-corrected chi connectivity index (χ4v) is 3.28. The lowest BCUT2D eigenvalue weighted by molar-refractivity contribution is -0.121. The number of fused-ring (bicyclic) bond motifs is 1. The predicted octanol–water partition coefficient (Wildman–Crippen LogP) is 2.10. The molecule has 0 saturated heterocycles. The number of amides is 1. The lowest BCUT2D eigenvalue weighted by atomic mass is 10.2. The zero-order chi connectivity index (χ0) is 17.8. The van der Waals surface area contributed by atoms with E-state index in [0.717, 1.165) is 5.75 Å². The SMILES string of the molecule is O=C(Cc1csc(-c2ncccn2)n1)NC[C@H]1COc2ccccc2O1. The van der Waals surface area contributed by atoms with E-state index in [9.17, 15) is 4.79 Å². The molecule has 7 nitrogen and oxygen atoms in total. The molecule has 2 aromatic heterocycles. The number of para-hydroxylation sites is 2. The number of hydrogen-bond donors (Lipinski definition) is 1. The molecule has 3 aromatic rings. The summed E-state index contributed by atoms with van der Waals surface area (Å²) in [6, 6.07) is 9.25. The van der Waals surface area contributed by atoms with E-state index in [-0.39, 0.29) is 18.4 Å². The molecular formula is C18H16N4O3S. The van der Waals surface area contributed by atoms with Gasteiger partial charge >= 0.3 is 0 Å². The van der Waals surface area contributed by atoms with Crippen LogP contribution >= 0.6 is 11.3 Å². The number of thiazole rings is 1. The van der Waals surface area contributed by atoms with Crippen molar-refractivity contribution in [2.24, 2.45) is 0 Å². The van der Waals surface area contributed by atoms with Crippen LogP contribution in [0.5, 0.6) is 11.5 Å². The minimum Gasteiger partial charge on any atom is -0.486 e. The summed E-state index contributed by atoms with van der Waals surface area (Å²) in [7, 11) is 0. The first-order valence-corrected chi connectivity index (χ1v) is 9.03. The molecule has 1 aromatic carbocycles. The maximum atomic E-state index is 12.2. The highest BCUT2D eigenvalue weighted by Gasteiger charge is 2.21. The summed E-state index contributed by atoms with van der Waals surface area (Å²) in [5.41, 5.74) is 0.695. The highest BCUT2D eigenvalue weighted by Crippen LogP contribution is 2.30. The Bertz CT molecular complexity index is 900. The highest BCUT2D eigenvalue weighted by atomic mass is 32.1. The summed E-state index contributed by atoms with van der Waals surface area (Å²) in [6.07, 6.45) is 3.33. The average Bonchev–Trinajstić information content (AvgIpc) is 3.15. The molecule has 0 unspecified atom stereocenters. The normalized spacial score (nSPS) is 15.5. The zero-order valence-corrected chi connectivity index (χ0v) is 14.6. The van der Waals surface area contributed by atoms with Crippen molar-refractivity contribution in [1.82, 2.24) is 20.3 Å². The molecule has 1 aliphatic heterocycles. The molecule has 3 heterocycles. The quantitative estimate of drug-likeness (QED) is 0.742. The van der Waals surface area contributed by atoms with E-state index >= 15 is 0 Å². The van der Waals surface area contributed by atoms with E-state index in [1.807, 2.05) is 29.6 Å². The van der Waals surface area contributed by atoms with Gasteiger partial charge in [-0.3, -0.25) is 4.79 Å². The highest BCUT2D eigenvalue weighted by molar-refractivity contribution is 7.13. The van der Waals surface area contributed by atoms with Crippen molar-refractivity contribution in [3.05, 3.63) is 53.8 Å². The minimum atomic E-state index is -0.211. The van der Waals surface area contributed by atoms with Gasteiger partial charge in [-0.1, -0.05) is 12.1 Å². The van der Waals surface area contributed by atoms with Gasteiger partial charge < -0.3 is 14.8 Å². The lowest BCUT2D eigenvalue weighted by Gasteiger charge is -2.26. The maximum absolute atomic E-state index is 12.2. The number of aromatic nitrogens is 3. The van der Waals surface area contributed by atoms with Crippen LogP contribution in [0.1, 0.15) is 5.69 Å². The smallest absolute Gasteiger partial charge is 0.226 e. The van der Waals surface area contributed by atoms with Gasteiger partial charge in [0.25, 0.3) is 0 Å². The number of benzene rings is 1. The summed E-state index contributed by atoms with van der Waals surface area (Å²) >= 11 is 1.42. The van der Waals surface area contributed by atoms with Crippen LogP contribution in [-0.4, -0.2) is 40.1 Å². The van der Waals surface area contributed by atoms with Gasteiger partial charge in [-0.15, -0.1) is 11.3 Å². The van der Waals surface area contributed by atoms with E-state index in [4.69, 9.17) is 9.47 Å². The monoisotopic (exact) mass is 368 g/mol. The van der Waals surface area contributed by atoms with Crippen molar-refractivity contribution in [2.75, 3.05) is 13.2 Å². The summed E-state index contributed by atoms with van der Waals surface area (Å²) in [4.78, 5) is 24.9. The van der Waals surface area contributed by atoms with Crippen molar-refractivity contribution in [2.45, 2.75) is 12.5 Å². The van der Waals surface area contributed by atoms with Gasteiger partial charge in [-0.25, -0.2) is 15.0 Å². The van der Waals surface area contributed by atoms with Crippen LogP contribution in [-0.2, 0) is 11.2 Å². The zero-order valence-electron chi connectivity index (χ0n) is 13.8. The number of nitrogens with zero attached hydrogens (tertiary/aromatic N) is 3. The Kier molecular flexibility index (Phi) is 4.74. The van der Waals surface area contributed by atoms with E-state index in [2.05, 4.69) is 20.3 Å². The Morgan fingerprint density at radius 2 is 2.00 bits per heavy atom. The molecule has 1 atom stereocenters. The molecule has 1 N–H and O–H groups in total. The first kappa shape index (κ1) is 16.5. The van der Waals surface area contributed by atoms with Gasteiger partial charge in [0.1, 0.15) is 12.7 Å². The molecule has 0 aliphatic carbocycles. The molecule has 1 amide bonds. The second-order valence-corrected chi connectivity index (χ2v) is 6.55. The first-order chi connectivity index (χ1) is 12.8. The van der Waals surface area contributed by atoms with Crippen molar-refractivity contribution in [3.8, 4) is 22.3 Å². The maximum Gasteiger partial charge on any atom is 0.226 e. The Balaban J connectivity index is 1.29. The predicted molar refractivity (Wildman–Crippen MR) is 96.2 cm³/mol. The van der Waals surface area contributed by atoms with Crippen LogP contribution < -0.4 is 14.8 Å². The molecule has 0 saturated carbocycles. The van der Waals surface area contributed by atoms with Gasteiger partial charge in [-0.05, 0) is 18.2 Å². The topological polar surface area (TPSA) is 86.2 Å².